The van der Waals surface area contributed by atoms with E-state index in [4.69, 9.17) is 49.4 Å². The zero-order valence-electron chi connectivity index (χ0n) is 49.9. The highest BCUT2D eigenvalue weighted by Gasteiger charge is 2.62. The van der Waals surface area contributed by atoms with Gasteiger partial charge in [0, 0.05) is 24.2 Å². The maximum absolute atomic E-state index is 12.9. The highest BCUT2D eigenvalue weighted by molar-refractivity contribution is 6.95. The summed E-state index contributed by atoms with van der Waals surface area (Å²) in [5.74, 6) is -2.49. The average Bonchev–Trinajstić information content (AvgIpc) is 2.92. The molecule has 416 valence electrons. The third-order valence-electron chi connectivity index (χ3n) is 8.41. The van der Waals surface area contributed by atoms with Crippen molar-refractivity contribution in [3.05, 3.63) is 11.1 Å². The average molecular weight is 1230 g/mol. The van der Waals surface area contributed by atoms with Gasteiger partial charge in [-0.3, -0.25) is 0 Å². The Kier molecular flexibility index (Phi) is 25.8. The third-order valence-corrected chi connectivity index (χ3v) is 52.4. The molecule has 0 spiro atoms. The maximum Gasteiger partial charge on any atom is 0.640 e. The Hall–Kier alpha value is 1.24. The Morgan fingerprint density at radius 3 is 0.629 bits per heavy atom. The zero-order chi connectivity index (χ0) is 56.0. The molecule has 0 amide bonds. The van der Waals surface area contributed by atoms with Gasteiger partial charge in [-0.2, -0.15) is 0 Å². The third kappa shape index (κ3) is 32.7. The normalized spacial score (nSPS) is 17.0. The van der Waals surface area contributed by atoms with Crippen LogP contribution in [0.5, 0.6) is 0 Å². The minimum absolute atomic E-state index is 0.0534. The molecule has 2 unspecified atom stereocenters. The first-order valence-corrected chi connectivity index (χ1v) is 66.1. The molecule has 0 aromatic carbocycles. The lowest BCUT2D eigenvalue weighted by Crippen LogP contribution is -2.69. The highest BCUT2D eigenvalue weighted by Crippen LogP contribution is 2.37. The molecule has 0 aliphatic rings. The number of carboxylic acid groups (broad SMARTS) is 2. The van der Waals surface area contributed by atoms with Gasteiger partial charge in [0.15, 0.2) is 83.2 Å². The zero-order valence-corrected chi connectivity index (χ0v) is 63.9. The molecule has 0 aromatic heterocycles. The van der Waals surface area contributed by atoms with E-state index in [9.17, 15) is 19.8 Å². The van der Waals surface area contributed by atoms with Crippen molar-refractivity contribution in [3.8, 4) is 0 Å². The van der Waals surface area contributed by atoms with Gasteiger partial charge < -0.3 is 59.6 Å². The van der Waals surface area contributed by atoms with E-state index in [-0.39, 0.29) is 24.0 Å². The minimum Gasteiger partial charge on any atom is -0.478 e. The van der Waals surface area contributed by atoms with Crippen molar-refractivity contribution in [1.82, 2.24) is 0 Å². The lowest BCUT2D eigenvalue weighted by Gasteiger charge is -2.46. The first kappa shape index (κ1) is 71.2. The summed E-state index contributed by atoms with van der Waals surface area (Å²) in [4.78, 5) is 25.9. The number of aliphatic carboxylic acids is 2. The van der Waals surface area contributed by atoms with Crippen LogP contribution in [0.1, 0.15) is 25.7 Å². The standard InChI is InChI=1S/C40H104O16Si14/c1-57(2,3)45-67(29,55-69(47-59(7,8)9,48-60(10,11)12)49-61(13,14)15)53-65(25,26)35-31-33-37(39(41)42)38(40(43)44)34-32-36-66(27,28)54-68(30,46-58(4,5)6)56-70(50-62(16,17)18,51-63(19,20)21)52-64(22,23)24/h31-36H2,1-30H3,(H,41,42)(H,43,44)/b38-37+. The van der Waals surface area contributed by atoms with Crippen LogP contribution in [0.4, 0.5) is 0 Å². The quantitative estimate of drug-likeness (QED) is 0.0457. The molecule has 0 radical (unpaired) electrons. The van der Waals surface area contributed by atoms with Gasteiger partial charge in [-0.25, -0.2) is 9.59 Å². The van der Waals surface area contributed by atoms with E-state index >= 15 is 0 Å². The number of hydrogen-bond donors (Lipinski definition) is 2. The maximum atomic E-state index is 12.9. The molecular weight excluding hydrogens is 1130 g/mol. The molecule has 16 nitrogen and oxygen atoms in total. The van der Waals surface area contributed by atoms with Crippen molar-refractivity contribution in [2.45, 2.75) is 234 Å². The Labute approximate surface area is 442 Å². The van der Waals surface area contributed by atoms with Gasteiger partial charge in [0.05, 0.1) is 0 Å². The molecule has 0 fully saturated rings. The predicted molar refractivity (Wildman–Crippen MR) is 320 cm³/mol. The van der Waals surface area contributed by atoms with E-state index in [2.05, 4.69) is 183 Å². The topological polar surface area (TPSA) is 185 Å². The molecule has 0 aliphatic carbocycles. The summed E-state index contributed by atoms with van der Waals surface area (Å²) < 4.78 is 83.6. The molecule has 0 rings (SSSR count). The van der Waals surface area contributed by atoms with Crippen LogP contribution in [-0.2, 0) is 59.0 Å². The molecular formula is C40H104O16Si14. The number of hydrogen-bond acceptors (Lipinski definition) is 14. The monoisotopic (exact) mass is 1230 g/mol. The summed E-state index contributed by atoms with van der Waals surface area (Å²) in [6.45, 7) is 62.3. The van der Waals surface area contributed by atoms with Gasteiger partial charge >= 0.3 is 47.6 Å². The van der Waals surface area contributed by atoms with Crippen LogP contribution in [0.2, 0.25) is 208 Å². The lowest BCUT2D eigenvalue weighted by molar-refractivity contribution is -0.136. The molecule has 0 aromatic rings. The molecule has 2 atom stereocenters. The van der Waals surface area contributed by atoms with E-state index in [1.54, 1.807) is 0 Å². The van der Waals surface area contributed by atoms with Crippen molar-refractivity contribution in [1.29, 1.82) is 0 Å². The van der Waals surface area contributed by atoms with E-state index in [1.165, 1.54) is 0 Å². The van der Waals surface area contributed by atoms with E-state index in [0.29, 0.717) is 24.9 Å². The van der Waals surface area contributed by atoms with Gasteiger partial charge in [0.1, 0.15) is 0 Å². The lowest BCUT2D eigenvalue weighted by atomic mass is 10.00. The van der Waals surface area contributed by atoms with Crippen LogP contribution in [0.15, 0.2) is 11.1 Å². The molecule has 0 heterocycles. The van der Waals surface area contributed by atoms with Crippen LogP contribution in [0.3, 0.4) is 0 Å². The van der Waals surface area contributed by atoms with Crippen LogP contribution >= 0.6 is 0 Å². The van der Waals surface area contributed by atoms with Crippen molar-refractivity contribution in [2.75, 3.05) is 0 Å². The molecule has 0 saturated carbocycles. The molecule has 0 saturated heterocycles. The van der Waals surface area contributed by atoms with Crippen LogP contribution < -0.4 is 0 Å². The summed E-state index contributed by atoms with van der Waals surface area (Å²) >= 11 is 0. The fraction of sp³-hybridized carbons (Fsp3) is 0.900. The Bertz CT molecular complexity index is 1530. The molecule has 0 bridgehead atoms. The first-order chi connectivity index (χ1) is 30.3. The minimum atomic E-state index is -3.85. The van der Waals surface area contributed by atoms with Crippen molar-refractivity contribution >= 4 is 131 Å². The molecule has 2 N–H and O–H groups in total. The molecule has 30 heteroatoms. The highest BCUT2D eigenvalue weighted by atomic mass is 28.6. The summed E-state index contributed by atoms with van der Waals surface area (Å²) in [6.07, 6.45) is 0.890. The van der Waals surface area contributed by atoms with E-state index in [0.717, 1.165) is 0 Å². The summed E-state index contributed by atoms with van der Waals surface area (Å²) in [6, 6.07) is 1.04. The smallest absolute Gasteiger partial charge is 0.478 e. The van der Waals surface area contributed by atoms with Crippen LogP contribution in [-0.4, -0.2) is 141 Å². The second-order valence-corrected chi connectivity index (χ2v) is 84.7. The first-order valence-electron chi connectivity index (χ1n) is 24.9. The van der Waals surface area contributed by atoms with Crippen molar-refractivity contribution < 1.29 is 69.2 Å². The number of carboxylic acids is 2. The fourth-order valence-corrected chi connectivity index (χ4v) is 58.6. The number of rotatable bonds is 34. The Balaban J connectivity index is 6.92. The van der Waals surface area contributed by atoms with E-state index in [1.807, 2.05) is 13.1 Å². The van der Waals surface area contributed by atoms with Crippen molar-refractivity contribution in [2.24, 2.45) is 0 Å². The van der Waals surface area contributed by atoms with Crippen molar-refractivity contribution in [3.63, 3.8) is 0 Å². The fourth-order valence-electron chi connectivity index (χ4n) is 7.45. The Morgan fingerprint density at radius 2 is 0.471 bits per heavy atom. The number of carbonyl (C=O) groups is 2. The summed E-state index contributed by atoms with van der Waals surface area (Å²) in [5, 5.41) is 21.1. The summed E-state index contributed by atoms with van der Waals surface area (Å²) in [7, 11) is -38.8. The van der Waals surface area contributed by atoms with Gasteiger partial charge in [-0.1, -0.05) is 0 Å². The Morgan fingerprint density at radius 1 is 0.286 bits per heavy atom. The largest absolute Gasteiger partial charge is 0.640 e. The molecule has 0 aliphatic heterocycles. The molecule has 70 heavy (non-hydrogen) atoms. The van der Waals surface area contributed by atoms with Gasteiger partial charge in [0.2, 0.25) is 0 Å². The predicted octanol–water partition coefficient (Wildman–Crippen LogP) is 13.3. The second-order valence-electron chi connectivity index (χ2n) is 27.6. The van der Waals surface area contributed by atoms with Gasteiger partial charge in [0.25, 0.3) is 0 Å². The second kappa shape index (κ2) is 25.4. The van der Waals surface area contributed by atoms with Gasteiger partial charge in [-0.15, -0.1) is 0 Å². The van der Waals surface area contributed by atoms with Gasteiger partial charge in [-0.05, 0) is 221 Å². The van der Waals surface area contributed by atoms with Crippen LogP contribution in [0, 0.1) is 0 Å². The summed E-state index contributed by atoms with van der Waals surface area (Å²) in [5.41, 5.74) is -0.213. The van der Waals surface area contributed by atoms with Crippen LogP contribution in [0.25, 0.3) is 0 Å². The van der Waals surface area contributed by atoms with E-state index < -0.39 is 131 Å². The SMILES string of the molecule is C[Si](C)(C)O[Si](C)(O[Si](C)(C)CCC/C(C(=O)O)=C(/CCC[Si](C)(C)O[Si](C)(O[Si](C)(C)C)O[Si](O[Si](C)(C)C)(O[Si](C)(C)C)O[Si](C)(C)C)C(=O)O)O[Si](O[Si](C)(C)C)(O[Si](C)(C)C)O[Si](C)(C)C.